The van der Waals surface area contributed by atoms with E-state index in [4.69, 9.17) is 74.3 Å². The quantitative estimate of drug-likeness (QED) is 0.294. The number of alkyl halides is 6. The zero-order valence-electron chi connectivity index (χ0n) is 14.8. The van der Waals surface area contributed by atoms with Crippen LogP contribution in [0.4, 0.5) is 0 Å². The first-order valence-corrected chi connectivity index (χ1v) is 10.7. The van der Waals surface area contributed by atoms with Crippen molar-refractivity contribution in [2.45, 2.75) is 33.8 Å². The highest BCUT2D eigenvalue weighted by atomic mass is 35.6. The van der Waals surface area contributed by atoms with Crippen molar-refractivity contribution in [1.29, 1.82) is 0 Å². The summed E-state index contributed by atoms with van der Waals surface area (Å²) in [5.41, 5.74) is 1.17. The second-order valence-corrected chi connectivity index (χ2v) is 10.4. The molecule has 0 saturated carbocycles. The summed E-state index contributed by atoms with van der Waals surface area (Å²) in [7, 11) is 0. The first-order valence-electron chi connectivity index (χ1n) is 8.41. The van der Waals surface area contributed by atoms with Gasteiger partial charge >= 0.3 is 0 Å². The van der Waals surface area contributed by atoms with E-state index in [0.717, 1.165) is 30.6 Å². The van der Waals surface area contributed by atoms with Gasteiger partial charge in [0.2, 0.25) is 7.59 Å². The van der Waals surface area contributed by atoms with E-state index in [1.54, 1.807) is 12.2 Å². The first kappa shape index (κ1) is 23.8. The molecule has 0 atom stereocenters. The average Bonchev–Trinajstić information content (AvgIpc) is 2.62. The van der Waals surface area contributed by atoms with E-state index < -0.39 is 7.59 Å². The Morgan fingerprint density at radius 3 is 1.93 bits per heavy atom. The summed E-state index contributed by atoms with van der Waals surface area (Å²) in [4.78, 5) is 0. The number of ether oxygens (including phenoxy) is 1. The Hall–Kier alpha value is -0.490. The Labute approximate surface area is 194 Å². The lowest BCUT2D eigenvalue weighted by atomic mass is 10.1. The van der Waals surface area contributed by atoms with Gasteiger partial charge in [0.1, 0.15) is 17.1 Å². The molecule has 0 fully saturated rings. The molecule has 2 aromatic rings. The molecule has 0 bridgehead atoms. The van der Waals surface area contributed by atoms with Crippen LogP contribution in [0.5, 0.6) is 5.75 Å². The van der Waals surface area contributed by atoms with Crippen LogP contribution in [0.15, 0.2) is 24.3 Å². The minimum absolute atomic E-state index is 0.0148. The molecule has 1 aromatic carbocycles. The van der Waals surface area contributed by atoms with Gasteiger partial charge in [-0.15, -0.1) is 10.2 Å². The maximum absolute atomic E-state index is 5.98. The summed E-state index contributed by atoms with van der Waals surface area (Å²) in [6.45, 7) is 2.84. The lowest BCUT2D eigenvalue weighted by Gasteiger charge is -2.17. The van der Waals surface area contributed by atoms with Crippen LogP contribution in [0.3, 0.4) is 0 Å². The zero-order chi connectivity index (χ0) is 20.8. The van der Waals surface area contributed by atoms with Gasteiger partial charge in [0.15, 0.2) is 0 Å². The molecular weight excluding hydrogens is 487 g/mol. The van der Waals surface area contributed by atoms with Crippen molar-refractivity contribution in [2.24, 2.45) is 0 Å². The highest BCUT2D eigenvalue weighted by Crippen LogP contribution is 2.44. The topological polar surface area (TPSA) is 47.9 Å². The summed E-state index contributed by atoms with van der Waals surface area (Å²) in [6, 6.07) is 7.52. The Balaban J connectivity index is 2.26. The molecule has 0 saturated heterocycles. The third kappa shape index (κ3) is 7.08. The van der Waals surface area contributed by atoms with Crippen molar-refractivity contribution in [2.75, 3.05) is 6.61 Å². The standard InChI is InChI=1S/C18H17Cl6N3O/c1-2-3-4-11-28-13-8-5-12(6-9-13)7-10-14-15(17(19,20)21)25-27-26-16(14)18(22,23)24/h5-10H,2-4,11H2,1H3. The van der Waals surface area contributed by atoms with Crippen molar-refractivity contribution in [1.82, 2.24) is 15.4 Å². The first-order chi connectivity index (χ1) is 13.1. The molecule has 2 rings (SSSR count). The number of unbranched alkanes of at least 4 members (excludes halogenated alkanes) is 2. The van der Waals surface area contributed by atoms with E-state index in [1.807, 2.05) is 24.3 Å². The van der Waals surface area contributed by atoms with Crippen molar-refractivity contribution < 1.29 is 4.74 Å². The van der Waals surface area contributed by atoms with Gasteiger partial charge in [-0.25, -0.2) is 0 Å². The largest absolute Gasteiger partial charge is 0.494 e. The van der Waals surface area contributed by atoms with Crippen LogP contribution in [-0.2, 0) is 7.59 Å². The van der Waals surface area contributed by atoms with Crippen LogP contribution in [0, 0.1) is 0 Å². The van der Waals surface area contributed by atoms with Crippen LogP contribution in [0.2, 0.25) is 0 Å². The van der Waals surface area contributed by atoms with E-state index in [2.05, 4.69) is 22.3 Å². The van der Waals surface area contributed by atoms with Crippen LogP contribution >= 0.6 is 69.6 Å². The molecule has 0 radical (unpaired) electrons. The Morgan fingerprint density at radius 1 is 0.857 bits per heavy atom. The van der Waals surface area contributed by atoms with Gasteiger partial charge in [0, 0.05) is 5.56 Å². The second-order valence-electron chi connectivity index (χ2n) is 5.85. The number of halogens is 6. The average molecular weight is 504 g/mol. The molecule has 152 valence electrons. The third-order valence-electron chi connectivity index (χ3n) is 3.68. The fourth-order valence-electron chi connectivity index (χ4n) is 2.31. The molecule has 0 unspecified atom stereocenters. The summed E-state index contributed by atoms with van der Waals surface area (Å²) in [5, 5.41) is 11.1. The van der Waals surface area contributed by atoms with Gasteiger partial charge < -0.3 is 4.74 Å². The van der Waals surface area contributed by atoms with Crippen molar-refractivity contribution >= 4 is 81.8 Å². The van der Waals surface area contributed by atoms with Crippen LogP contribution < -0.4 is 4.74 Å². The number of benzene rings is 1. The summed E-state index contributed by atoms with van der Waals surface area (Å²) < 4.78 is 1.97. The molecule has 0 N–H and O–H groups in total. The molecule has 1 heterocycles. The maximum Gasteiger partial charge on any atom is 0.235 e. The highest BCUT2D eigenvalue weighted by Gasteiger charge is 2.36. The summed E-state index contributed by atoms with van der Waals surface area (Å²) >= 11 is 35.9. The minimum atomic E-state index is -1.86. The fraction of sp³-hybridized carbons (Fsp3) is 0.389. The predicted octanol–water partition coefficient (Wildman–Crippen LogP) is 7.26. The van der Waals surface area contributed by atoms with E-state index >= 15 is 0 Å². The molecule has 10 heteroatoms. The Kier molecular flexibility index (Phi) is 8.93. The smallest absolute Gasteiger partial charge is 0.235 e. The molecule has 0 spiro atoms. The van der Waals surface area contributed by atoms with Crippen LogP contribution in [0.1, 0.15) is 48.7 Å². The Morgan fingerprint density at radius 2 is 1.43 bits per heavy atom. The number of aromatic nitrogens is 3. The molecule has 4 nitrogen and oxygen atoms in total. The molecule has 0 aliphatic heterocycles. The summed E-state index contributed by atoms with van der Waals surface area (Å²) in [6.07, 6.45) is 6.70. The number of rotatable bonds is 7. The van der Waals surface area contributed by atoms with Crippen molar-refractivity contribution in [3.8, 4) is 5.75 Å². The summed E-state index contributed by atoms with van der Waals surface area (Å²) in [5.74, 6) is 0.796. The van der Waals surface area contributed by atoms with Gasteiger partial charge in [-0.1, -0.05) is 114 Å². The molecule has 0 aliphatic carbocycles. The number of hydrogen-bond donors (Lipinski definition) is 0. The molecule has 1 aromatic heterocycles. The third-order valence-corrected chi connectivity index (χ3v) is 4.75. The molecule has 0 amide bonds. The SMILES string of the molecule is CCCCCOc1ccc(C=Cc2c(C(Cl)(Cl)Cl)nnnc2C(Cl)(Cl)Cl)cc1. The second kappa shape index (κ2) is 10.5. The highest BCUT2D eigenvalue weighted by molar-refractivity contribution is 6.67. The van der Waals surface area contributed by atoms with Gasteiger partial charge in [-0.05, 0) is 29.3 Å². The fourth-order valence-corrected chi connectivity index (χ4v) is 3.14. The lowest BCUT2D eigenvalue weighted by Crippen LogP contribution is -2.16. The van der Waals surface area contributed by atoms with E-state index in [0.29, 0.717) is 6.61 Å². The van der Waals surface area contributed by atoms with Crippen LogP contribution in [-0.4, -0.2) is 22.0 Å². The number of hydrogen-bond acceptors (Lipinski definition) is 4. The van der Waals surface area contributed by atoms with Gasteiger partial charge in [-0.2, -0.15) is 0 Å². The molecule has 28 heavy (non-hydrogen) atoms. The number of nitrogens with zero attached hydrogens (tertiary/aromatic N) is 3. The molecular formula is C18H17Cl6N3O. The Bertz CT molecular complexity index is 768. The van der Waals surface area contributed by atoms with Gasteiger partial charge in [-0.3, -0.25) is 0 Å². The monoisotopic (exact) mass is 501 g/mol. The van der Waals surface area contributed by atoms with Crippen molar-refractivity contribution in [3.63, 3.8) is 0 Å². The minimum Gasteiger partial charge on any atom is -0.494 e. The normalized spacial score (nSPS) is 12.5. The van der Waals surface area contributed by atoms with Crippen molar-refractivity contribution in [3.05, 3.63) is 46.8 Å². The van der Waals surface area contributed by atoms with E-state index in [1.165, 1.54) is 0 Å². The van der Waals surface area contributed by atoms with Gasteiger partial charge in [0.25, 0.3) is 0 Å². The van der Waals surface area contributed by atoms with Gasteiger partial charge in [0.05, 0.1) is 6.61 Å². The molecule has 0 aliphatic rings. The van der Waals surface area contributed by atoms with E-state index in [9.17, 15) is 0 Å². The predicted molar refractivity (Wildman–Crippen MR) is 119 cm³/mol. The van der Waals surface area contributed by atoms with E-state index in [-0.39, 0.29) is 17.0 Å². The van der Waals surface area contributed by atoms with Crippen LogP contribution in [0.25, 0.3) is 12.2 Å². The zero-order valence-corrected chi connectivity index (χ0v) is 19.3. The lowest BCUT2D eigenvalue weighted by molar-refractivity contribution is 0.306. The maximum atomic E-state index is 5.98.